The molecule has 13 heavy (non-hydrogen) atoms. The van der Waals surface area contributed by atoms with E-state index in [0.29, 0.717) is 11.7 Å². The van der Waals surface area contributed by atoms with Crippen molar-refractivity contribution < 1.29 is 4.79 Å². The van der Waals surface area contributed by atoms with Gasteiger partial charge in [0.25, 0.3) is 5.91 Å². The number of nitrogens with two attached hydrogens (primary N) is 1. The Morgan fingerprint density at radius 3 is 2.92 bits per heavy atom. The summed E-state index contributed by atoms with van der Waals surface area (Å²) in [7, 11) is 0. The number of aryl methyl sites for hydroxylation is 1. The topological polar surface area (TPSA) is 73.8 Å². The van der Waals surface area contributed by atoms with Gasteiger partial charge in [0.15, 0.2) is 0 Å². The van der Waals surface area contributed by atoms with E-state index in [-0.39, 0.29) is 5.82 Å². The normalized spacial score (nSPS) is 16.1. The predicted octanol–water partition coefficient (Wildman–Crippen LogP) is 0.0954. The fourth-order valence-corrected chi connectivity index (χ4v) is 1.31. The van der Waals surface area contributed by atoms with Crippen LogP contribution in [0, 0.1) is 12.8 Å². The van der Waals surface area contributed by atoms with E-state index >= 15 is 0 Å². The molecule has 5 nitrogen and oxygen atoms in total. The minimum absolute atomic E-state index is 0.282. The van der Waals surface area contributed by atoms with Crippen molar-refractivity contribution in [3.8, 4) is 0 Å². The van der Waals surface area contributed by atoms with Crippen molar-refractivity contribution in [2.45, 2.75) is 26.3 Å². The zero-order chi connectivity index (χ0) is 9.42. The van der Waals surface area contributed by atoms with E-state index < -0.39 is 5.91 Å². The number of amides is 1. The molecule has 1 fully saturated rings. The molecule has 1 heterocycles. The second kappa shape index (κ2) is 2.83. The molecule has 2 rings (SSSR count). The number of hydrogen-bond donors (Lipinski definition) is 1. The van der Waals surface area contributed by atoms with E-state index in [9.17, 15) is 4.79 Å². The molecule has 0 aliphatic heterocycles. The predicted molar refractivity (Wildman–Crippen MR) is 46.0 cm³/mol. The van der Waals surface area contributed by atoms with Crippen molar-refractivity contribution in [2.75, 3.05) is 0 Å². The van der Waals surface area contributed by atoms with Gasteiger partial charge >= 0.3 is 0 Å². The summed E-state index contributed by atoms with van der Waals surface area (Å²) < 4.78 is 1.62. The first-order chi connectivity index (χ1) is 6.16. The Kier molecular flexibility index (Phi) is 1.79. The van der Waals surface area contributed by atoms with Gasteiger partial charge in [0, 0.05) is 6.54 Å². The molecular weight excluding hydrogens is 168 g/mol. The maximum atomic E-state index is 10.9. The third kappa shape index (κ3) is 1.68. The molecule has 0 bridgehead atoms. The fraction of sp³-hybridized carbons (Fsp3) is 0.625. The Morgan fingerprint density at radius 2 is 2.38 bits per heavy atom. The lowest BCUT2D eigenvalue weighted by molar-refractivity contribution is 0.0984. The number of carbonyl (C=O) groups is 1. The van der Waals surface area contributed by atoms with Gasteiger partial charge in [-0.15, -0.1) is 0 Å². The third-order valence-corrected chi connectivity index (χ3v) is 2.13. The summed E-state index contributed by atoms with van der Waals surface area (Å²) in [5.41, 5.74) is 5.16. The molecule has 0 radical (unpaired) electrons. The van der Waals surface area contributed by atoms with E-state index in [1.807, 2.05) is 0 Å². The highest BCUT2D eigenvalue weighted by molar-refractivity contribution is 5.89. The summed E-state index contributed by atoms with van der Waals surface area (Å²) in [6.07, 6.45) is 2.44. The lowest BCUT2D eigenvalue weighted by Crippen LogP contribution is -2.19. The second-order valence-corrected chi connectivity index (χ2v) is 3.47. The SMILES string of the molecule is Cc1nc(C(N)=O)n(CC2CC2)n1. The summed E-state index contributed by atoms with van der Waals surface area (Å²) in [5.74, 6) is 1.05. The second-order valence-electron chi connectivity index (χ2n) is 3.47. The van der Waals surface area contributed by atoms with Gasteiger partial charge in [-0.3, -0.25) is 4.79 Å². The lowest BCUT2D eigenvalue weighted by atomic mass is 10.4. The number of aromatic nitrogens is 3. The van der Waals surface area contributed by atoms with Gasteiger partial charge < -0.3 is 5.73 Å². The van der Waals surface area contributed by atoms with Crippen LogP contribution in [0.1, 0.15) is 29.3 Å². The van der Waals surface area contributed by atoms with Crippen molar-refractivity contribution in [3.05, 3.63) is 11.6 Å². The first-order valence-corrected chi connectivity index (χ1v) is 4.38. The van der Waals surface area contributed by atoms with E-state index in [1.54, 1.807) is 11.6 Å². The van der Waals surface area contributed by atoms with Gasteiger partial charge in [0.1, 0.15) is 5.82 Å². The molecule has 0 unspecified atom stereocenters. The average Bonchev–Trinajstić information content (AvgIpc) is 2.75. The molecule has 2 N–H and O–H groups in total. The van der Waals surface area contributed by atoms with Crippen molar-refractivity contribution in [3.63, 3.8) is 0 Å². The lowest BCUT2D eigenvalue weighted by Gasteiger charge is -2.00. The Bertz CT molecular complexity index is 340. The highest BCUT2D eigenvalue weighted by Gasteiger charge is 2.24. The minimum Gasteiger partial charge on any atom is -0.363 e. The summed E-state index contributed by atoms with van der Waals surface area (Å²) in [5, 5.41) is 4.12. The first kappa shape index (κ1) is 8.22. The Morgan fingerprint density at radius 1 is 1.69 bits per heavy atom. The molecule has 0 spiro atoms. The Balaban J connectivity index is 2.24. The zero-order valence-corrected chi connectivity index (χ0v) is 7.53. The van der Waals surface area contributed by atoms with Crippen LogP contribution in [0.2, 0.25) is 0 Å². The van der Waals surface area contributed by atoms with E-state index in [1.165, 1.54) is 12.8 Å². The van der Waals surface area contributed by atoms with Crippen LogP contribution in [0.4, 0.5) is 0 Å². The quantitative estimate of drug-likeness (QED) is 0.716. The highest BCUT2D eigenvalue weighted by Crippen LogP contribution is 2.30. The van der Waals surface area contributed by atoms with E-state index in [0.717, 1.165) is 6.54 Å². The van der Waals surface area contributed by atoms with Gasteiger partial charge in [-0.25, -0.2) is 9.67 Å². The fourth-order valence-electron chi connectivity index (χ4n) is 1.31. The van der Waals surface area contributed by atoms with Crippen LogP contribution >= 0.6 is 0 Å². The molecule has 1 aliphatic carbocycles. The maximum absolute atomic E-state index is 10.9. The molecule has 5 heteroatoms. The third-order valence-electron chi connectivity index (χ3n) is 2.13. The molecule has 1 saturated carbocycles. The van der Waals surface area contributed by atoms with Crippen LogP contribution in [-0.2, 0) is 6.54 Å². The summed E-state index contributed by atoms with van der Waals surface area (Å²) in [6, 6.07) is 0. The molecule has 0 saturated heterocycles. The van der Waals surface area contributed by atoms with Crippen molar-refractivity contribution in [1.82, 2.24) is 14.8 Å². The molecule has 1 aromatic rings. The van der Waals surface area contributed by atoms with Crippen molar-refractivity contribution in [2.24, 2.45) is 11.7 Å². The van der Waals surface area contributed by atoms with Crippen LogP contribution in [0.25, 0.3) is 0 Å². The number of hydrogen-bond acceptors (Lipinski definition) is 3. The van der Waals surface area contributed by atoms with Gasteiger partial charge in [0.2, 0.25) is 5.82 Å². The number of nitrogens with zero attached hydrogens (tertiary/aromatic N) is 3. The number of rotatable bonds is 3. The number of primary amides is 1. The van der Waals surface area contributed by atoms with E-state index in [2.05, 4.69) is 10.1 Å². The Hall–Kier alpha value is -1.39. The van der Waals surface area contributed by atoms with Crippen molar-refractivity contribution >= 4 is 5.91 Å². The van der Waals surface area contributed by atoms with Gasteiger partial charge in [-0.2, -0.15) is 5.10 Å². The standard InChI is InChI=1S/C8H12N4O/c1-5-10-8(7(9)13)12(11-5)4-6-2-3-6/h6H,2-4H2,1H3,(H2,9,13). The zero-order valence-electron chi connectivity index (χ0n) is 7.53. The maximum Gasteiger partial charge on any atom is 0.286 e. The van der Waals surface area contributed by atoms with Crippen LogP contribution in [-0.4, -0.2) is 20.7 Å². The summed E-state index contributed by atoms with van der Waals surface area (Å²) in [4.78, 5) is 14.9. The van der Waals surface area contributed by atoms with Crippen LogP contribution in [0.15, 0.2) is 0 Å². The number of carbonyl (C=O) groups excluding carboxylic acids is 1. The van der Waals surface area contributed by atoms with Gasteiger partial charge in [-0.1, -0.05) is 0 Å². The molecule has 1 aliphatic rings. The summed E-state index contributed by atoms with van der Waals surface area (Å²) in [6.45, 7) is 2.54. The van der Waals surface area contributed by atoms with Gasteiger partial charge in [-0.05, 0) is 25.7 Å². The molecule has 1 amide bonds. The first-order valence-electron chi connectivity index (χ1n) is 4.38. The molecule has 0 atom stereocenters. The van der Waals surface area contributed by atoms with Crippen LogP contribution in [0.5, 0.6) is 0 Å². The molecule has 70 valence electrons. The minimum atomic E-state index is -0.499. The van der Waals surface area contributed by atoms with Crippen LogP contribution < -0.4 is 5.73 Å². The molecular formula is C8H12N4O. The van der Waals surface area contributed by atoms with E-state index in [4.69, 9.17) is 5.73 Å². The monoisotopic (exact) mass is 180 g/mol. The van der Waals surface area contributed by atoms with Gasteiger partial charge in [0.05, 0.1) is 0 Å². The Labute approximate surface area is 75.9 Å². The molecule has 1 aromatic heterocycles. The summed E-state index contributed by atoms with van der Waals surface area (Å²) >= 11 is 0. The average molecular weight is 180 g/mol. The van der Waals surface area contributed by atoms with Crippen LogP contribution in [0.3, 0.4) is 0 Å². The largest absolute Gasteiger partial charge is 0.363 e. The molecule has 0 aromatic carbocycles. The smallest absolute Gasteiger partial charge is 0.286 e. The van der Waals surface area contributed by atoms with Crippen molar-refractivity contribution in [1.29, 1.82) is 0 Å². The highest BCUT2D eigenvalue weighted by atomic mass is 16.1.